The van der Waals surface area contributed by atoms with E-state index in [0.29, 0.717) is 6.42 Å². The molecule has 6 nitrogen and oxygen atoms in total. The number of hydrogen-bond acceptors (Lipinski definition) is 3. The van der Waals surface area contributed by atoms with Crippen molar-refractivity contribution in [2.45, 2.75) is 6.42 Å². The fraction of sp³-hybridized carbons (Fsp3) is 0.0370. The zero-order chi connectivity index (χ0) is 23.5. The van der Waals surface area contributed by atoms with Crippen molar-refractivity contribution in [2.75, 3.05) is 0 Å². The zero-order valence-electron chi connectivity index (χ0n) is 18.5. The van der Waals surface area contributed by atoms with Gasteiger partial charge in [0.2, 0.25) is 0 Å². The average Bonchev–Trinajstić information content (AvgIpc) is 2.84. The number of hydrogen-bond donors (Lipinski definition) is 3. The average molecular weight is 643 g/mol. The first-order valence-electron chi connectivity index (χ1n) is 10.1. The van der Waals surface area contributed by atoms with Crippen molar-refractivity contribution >= 4 is 54.9 Å². The maximum Gasteiger partial charge on any atom is 0.335 e. The van der Waals surface area contributed by atoms with Crippen LogP contribution in [-0.2, 0) is 32.7 Å². The van der Waals surface area contributed by atoms with E-state index in [2.05, 4.69) is 0 Å². The van der Waals surface area contributed by atoms with Crippen molar-refractivity contribution in [1.29, 1.82) is 0 Å². The van der Waals surface area contributed by atoms with Gasteiger partial charge < -0.3 is 15.3 Å². The predicted octanol–water partition coefficient (Wildman–Crippen LogP) is 4.89. The summed E-state index contributed by atoms with van der Waals surface area (Å²) in [7, 11) is 0. The van der Waals surface area contributed by atoms with E-state index in [-0.39, 0.29) is 75.2 Å². The Labute approximate surface area is 246 Å². The van der Waals surface area contributed by atoms with E-state index in [1.54, 1.807) is 72.8 Å². The van der Waals surface area contributed by atoms with Crippen molar-refractivity contribution in [1.82, 2.24) is 0 Å². The van der Waals surface area contributed by atoms with E-state index >= 15 is 0 Å². The van der Waals surface area contributed by atoms with E-state index in [9.17, 15) is 29.7 Å². The molecule has 0 bridgehead atoms. The van der Waals surface area contributed by atoms with E-state index in [1.165, 1.54) is 0 Å². The first-order valence-corrected chi connectivity index (χ1v) is 10.1. The summed E-state index contributed by atoms with van der Waals surface area (Å²) in [5, 5.41) is 27.5. The maximum absolute atomic E-state index is 11.2. The van der Waals surface area contributed by atoms with Gasteiger partial charge in [-0.2, -0.15) is 0 Å². The number of carboxylic acids is 3. The van der Waals surface area contributed by atoms with E-state index in [0.717, 1.165) is 33.8 Å². The summed E-state index contributed by atoms with van der Waals surface area (Å²) in [6, 6.07) is 19.8. The van der Waals surface area contributed by atoms with E-state index < -0.39 is 17.9 Å². The second kappa shape index (κ2) is 12.4. The Hall–Kier alpha value is -2.61. The Balaban J connectivity index is 0.00000216. The van der Waals surface area contributed by atoms with Gasteiger partial charge in [-0.25, -0.2) is 14.4 Å². The molecular formula is C27H19InO6Y-. The molecule has 8 heteroatoms. The molecule has 0 amide bonds. The predicted molar refractivity (Wildman–Crippen MR) is 129 cm³/mol. The molecule has 0 saturated heterocycles. The first-order chi connectivity index (χ1) is 15.8. The zero-order valence-corrected chi connectivity index (χ0v) is 24.6. The van der Waals surface area contributed by atoms with Crippen LogP contribution >= 0.6 is 0 Å². The molecule has 4 rings (SSSR count). The molecule has 0 unspecified atom stereocenters. The van der Waals surface area contributed by atoms with Crippen molar-refractivity contribution in [3.05, 3.63) is 124 Å². The Kier molecular flexibility index (Phi) is 10.1. The number of carboxylic acid groups (broad SMARTS) is 3. The molecule has 3 aromatic rings. The van der Waals surface area contributed by atoms with Crippen LogP contribution in [0.25, 0.3) is 11.1 Å². The fourth-order valence-corrected chi connectivity index (χ4v) is 3.72. The molecule has 4 radical (unpaired) electrons. The van der Waals surface area contributed by atoms with Crippen molar-refractivity contribution in [2.24, 2.45) is 0 Å². The summed E-state index contributed by atoms with van der Waals surface area (Å²) in [5.74, 6) is -2.03. The summed E-state index contributed by atoms with van der Waals surface area (Å²) >= 11 is 0. The van der Waals surface area contributed by atoms with Crippen molar-refractivity contribution in [3.63, 3.8) is 0 Å². The van der Waals surface area contributed by atoms with Gasteiger partial charge in [0.1, 0.15) is 0 Å². The van der Waals surface area contributed by atoms with Gasteiger partial charge in [-0.05, 0) is 36.2 Å². The molecule has 35 heavy (non-hydrogen) atoms. The third-order valence-corrected chi connectivity index (χ3v) is 5.51. The second-order valence-electron chi connectivity index (χ2n) is 7.62. The van der Waals surface area contributed by atoms with Gasteiger partial charge in [-0.15, -0.1) is 29.7 Å². The van der Waals surface area contributed by atoms with Gasteiger partial charge in [0.25, 0.3) is 0 Å². The van der Waals surface area contributed by atoms with E-state index in [4.69, 9.17) is 0 Å². The van der Waals surface area contributed by atoms with Gasteiger partial charge in [-0.1, -0.05) is 59.2 Å². The standard InChI is InChI=1S/C27H19O6.In.Y/c28-25(29)19-7-1-16(2-8-19)22-13-23(17-3-9-20(10-4-17)26(30)31)15-24(14-22)18-5-11-21(12-6-18)27(32)33;;/h1-14H,15H2,(H,28,29)(H,30,31)(H,32,33);;/q-1;;. The molecule has 3 aromatic carbocycles. The van der Waals surface area contributed by atoms with Crippen molar-refractivity contribution < 1.29 is 62.4 Å². The SMILES string of the molecule is O=C(O)c1ccc(C2=C[C-](c3ccc(C(=O)O)cc3)CC(c3ccc(C(=O)O)cc3)=C2)cc1.[In].[Y]. The minimum Gasteiger partial charge on any atom is -0.478 e. The Bertz CT molecular complexity index is 1290. The molecule has 1 aliphatic carbocycles. The summed E-state index contributed by atoms with van der Waals surface area (Å²) < 4.78 is 0. The molecule has 0 heterocycles. The molecular weight excluding hydrogens is 624 g/mol. The number of aromatic carboxylic acids is 3. The first kappa shape index (κ1) is 28.6. The molecule has 0 atom stereocenters. The Morgan fingerprint density at radius 2 is 1.03 bits per heavy atom. The van der Waals surface area contributed by atoms with Crippen LogP contribution in [0.15, 0.2) is 84.9 Å². The van der Waals surface area contributed by atoms with Crippen molar-refractivity contribution in [3.8, 4) is 0 Å². The van der Waals surface area contributed by atoms with E-state index in [1.807, 2.05) is 12.2 Å². The van der Waals surface area contributed by atoms with Crippen LogP contribution in [0, 0.1) is 5.92 Å². The van der Waals surface area contributed by atoms with Crippen LogP contribution in [0.5, 0.6) is 0 Å². The van der Waals surface area contributed by atoms with Crippen LogP contribution in [0.2, 0.25) is 0 Å². The summed E-state index contributed by atoms with van der Waals surface area (Å²) in [5.41, 5.74) is 4.99. The molecule has 3 N–H and O–H groups in total. The van der Waals surface area contributed by atoms with Gasteiger partial charge in [0, 0.05) is 64.1 Å². The minimum absolute atomic E-state index is 0. The third-order valence-electron chi connectivity index (χ3n) is 5.51. The maximum atomic E-state index is 11.2. The normalized spacial score (nSPS) is 12.4. The largest absolute Gasteiger partial charge is 0.478 e. The quantitative estimate of drug-likeness (QED) is 0.330. The molecule has 0 saturated carbocycles. The molecule has 0 fully saturated rings. The third kappa shape index (κ3) is 6.75. The van der Waals surface area contributed by atoms with Gasteiger partial charge in [-0.3, -0.25) is 0 Å². The Morgan fingerprint density at radius 3 is 1.46 bits per heavy atom. The van der Waals surface area contributed by atoms with Crippen LogP contribution in [-0.4, -0.2) is 59.1 Å². The number of benzene rings is 3. The minimum atomic E-state index is -1.00. The summed E-state index contributed by atoms with van der Waals surface area (Å²) in [4.78, 5) is 33.6. The summed E-state index contributed by atoms with van der Waals surface area (Å²) in [6.07, 6.45) is 4.57. The monoisotopic (exact) mass is 643 g/mol. The van der Waals surface area contributed by atoms with Gasteiger partial charge >= 0.3 is 17.9 Å². The van der Waals surface area contributed by atoms with Crippen LogP contribution in [0.1, 0.15) is 54.2 Å². The molecule has 170 valence electrons. The fourth-order valence-electron chi connectivity index (χ4n) is 3.72. The van der Waals surface area contributed by atoms with Crippen LogP contribution in [0.3, 0.4) is 0 Å². The van der Waals surface area contributed by atoms with Gasteiger partial charge in [0.15, 0.2) is 0 Å². The molecule has 0 aromatic heterocycles. The molecule has 0 spiro atoms. The molecule has 1 aliphatic rings. The number of carbonyl (C=O) groups is 3. The van der Waals surface area contributed by atoms with Gasteiger partial charge in [0.05, 0.1) is 11.1 Å². The topological polar surface area (TPSA) is 112 Å². The van der Waals surface area contributed by atoms with Crippen LogP contribution < -0.4 is 0 Å². The Morgan fingerprint density at radius 1 is 0.629 bits per heavy atom. The number of allylic oxidation sites excluding steroid dienone is 4. The number of rotatable bonds is 6. The van der Waals surface area contributed by atoms with Crippen LogP contribution in [0.4, 0.5) is 0 Å². The summed E-state index contributed by atoms with van der Waals surface area (Å²) in [6.45, 7) is 0. The smallest absolute Gasteiger partial charge is 0.335 e. The second-order valence-corrected chi connectivity index (χ2v) is 7.62. The molecule has 0 aliphatic heterocycles.